The van der Waals surface area contributed by atoms with Crippen molar-refractivity contribution in [3.63, 3.8) is 0 Å². The number of carbonyl (C=O) groups excluding carboxylic acids is 2. The summed E-state index contributed by atoms with van der Waals surface area (Å²) in [5.74, 6) is 0. The summed E-state index contributed by atoms with van der Waals surface area (Å²) < 4.78 is 0. The van der Waals surface area contributed by atoms with Gasteiger partial charge in [0.2, 0.25) is 0 Å². The summed E-state index contributed by atoms with van der Waals surface area (Å²) in [6, 6.07) is 7.49. The molecule has 0 atom stereocenters. The van der Waals surface area contributed by atoms with Crippen LogP contribution in [0.3, 0.4) is 0 Å². The highest BCUT2D eigenvalue weighted by Crippen LogP contribution is 2.25. The normalized spacial score (nSPS) is 15.0. The Kier molecular flexibility index (Phi) is 3.10. The Bertz CT molecular complexity index is 464. The molecule has 1 aliphatic carbocycles. The van der Waals surface area contributed by atoms with Crippen molar-refractivity contribution in [2.75, 3.05) is 0 Å². The van der Waals surface area contributed by atoms with Crippen LogP contribution in [-0.4, -0.2) is 12.6 Å². The first-order valence-electron chi connectivity index (χ1n) is 5.24. The molecule has 0 radical (unpaired) electrons. The highest BCUT2D eigenvalue weighted by Gasteiger charge is 2.07. The molecule has 0 unspecified atom stereocenters. The molecule has 0 aromatic heterocycles. The number of aldehydes is 2. The molecule has 0 bridgehead atoms. The number of hydrogen-bond donors (Lipinski definition) is 0. The molecular weight excluding hydrogens is 200 g/mol. The van der Waals surface area contributed by atoms with Gasteiger partial charge in [0.1, 0.15) is 12.6 Å². The van der Waals surface area contributed by atoms with Crippen molar-refractivity contribution < 1.29 is 9.59 Å². The average Bonchev–Trinajstić information content (AvgIpc) is 2.39. The van der Waals surface area contributed by atoms with Gasteiger partial charge in [-0.3, -0.25) is 9.59 Å². The Labute approximate surface area is 94.3 Å². The Balaban J connectivity index is 2.25. The zero-order valence-corrected chi connectivity index (χ0v) is 8.85. The molecule has 2 nitrogen and oxygen atoms in total. The van der Waals surface area contributed by atoms with E-state index in [4.69, 9.17) is 0 Å². The molecule has 1 aromatic carbocycles. The van der Waals surface area contributed by atoms with E-state index in [9.17, 15) is 9.59 Å². The zero-order chi connectivity index (χ0) is 11.4. The quantitative estimate of drug-likeness (QED) is 0.722. The minimum absolute atomic E-state index is 0.685. The lowest BCUT2D eigenvalue weighted by molar-refractivity contribution is -0.105. The van der Waals surface area contributed by atoms with Gasteiger partial charge in [0.05, 0.1) is 0 Å². The second-order valence-corrected chi connectivity index (χ2v) is 3.79. The Hall–Kier alpha value is -1.96. The van der Waals surface area contributed by atoms with Crippen molar-refractivity contribution in [1.82, 2.24) is 0 Å². The average molecular weight is 212 g/mol. The lowest BCUT2D eigenvalue weighted by Crippen LogP contribution is -1.94. The van der Waals surface area contributed by atoms with Crippen molar-refractivity contribution in [1.29, 1.82) is 0 Å². The molecule has 0 saturated heterocycles. The van der Waals surface area contributed by atoms with Crippen LogP contribution in [0.15, 0.2) is 42.0 Å². The molecule has 1 aliphatic rings. The number of rotatable bonds is 3. The van der Waals surface area contributed by atoms with E-state index in [1.54, 1.807) is 0 Å². The Morgan fingerprint density at radius 3 is 2.12 bits per heavy atom. The van der Waals surface area contributed by atoms with Gasteiger partial charge < -0.3 is 0 Å². The van der Waals surface area contributed by atoms with E-state index in [1.165, 1.54) is 5.57 Å². The third-order valence-corrected chi connectivity index (χ3v) is 2.75. The third-order valence-electron chi connectivity index (χ3n) is 2.75. The number of allylic oxidation sites excluding steroid dienone is 4. The van der Waals surface area contributed by atoms with Crippen molar-refractivity contribution in [2.24, 2.45) is 0 Å². The summed E-state index contributed by atoms with van der Waals surface area (Å²) >= 11 is 0. The molecule has 0 N–H and O–H groups in total. The fourth-order valence-electron chi connectivity index (χ4n) is 1.77. The monoisotopic (exact) mass is 212 g/mol. The van der Waals surface area contributed by atoms with E-state index >= 15 is 0 Å². The van der Waals surface area contributed by atoms with Crippen molar-refractivity contribution in [3.05, 3.63) is 53.1 Å². The first-order chi connectivity index (χ1) is 7.83. The van der Waals surface area contributed by atoms with Crippen LogP contribution in [0.25, 0.3) is 5.57 Å². The standard InChI is InChI=1S/C14H12O2/c15-9-11-1-5-13(6-2-11)14-7-3-12(10-16)4-8-14/h1-3,5-7,9-10H,4,8H2. The number of carbonyl (C=O) groups is 2. The summed E-state index contributed by atoms with van der Waals surface area (Å²) in [7, 11) is 0. The molecule has 80 valence electrons. The van der Waals surface area contributed by atoms with Crippen molar-refractivity contribution >= 4 is 18.1 Å². The van der Waals surface area contributed by atoms with Gasteiger partial charge in [0, 0.05) is 5.56 Å². The van der Waals surface area contributed by atoms with E-state index in [-0.39, 0.29) is 0 Å². The van der Waals surface area contributed by atoms with Gasteiger partial charge in [0.15, 0.2) is 0 Å². The summed E-state index contributed by atoms with van der Waals surface area (Å²) in [5.41, 5.74) is 3.85. The van der Waals surface area contributed by atoms with Gasteiger partial charge in [-0.15, -0.1) is 0 Å². The Morgan fingerprint density at radius 1 is 0.875 bits per heavy atom. The molecule has 0 aliphatic heterocycles. The third kappa shape index (κ3) is 2.16. The second-order valence-electron chi connectivity index (χ2n) is 3.79. The van der Waals surface area contributed by atoms with Crippen molar-refractivity contribution in [3.8, 4) is 0 Å². The predicted octanol–water partition coefficient (Wildman–Crippen LogP) is 2.80. The second kappa shape index (κ2) is 4.71. The van der Waals surface area contributed by atoms with E-state index in [2.05, 4.69) is 0 Å². The molecule has 2 rings (SSSR count). The molecule has 16 heavy (non-hydrogen) atoms. The topological polar surface area (TPSA) is 34.1 Å². The van der Waals surface area contributed by atoms with Gasteiger partial charge in [0.25, 0.3) is 0 Å². The molecular formula is C14H12O2. The molecule has 0 saturated carbocycles. The zero-order valence-electron chi connectivity index (χ0n) is 8.85. The van der Waals surface area contributed by atoms with Crippen LogP contribution >= 0.6 is 0 Å². The fourth-order valence-corrected chi connectivity index (χ4v) is 1.77. The van der Waals surface area contributed by atoms with E-state index in [0.717, 1.165) is 36.6 Å². The van der Waals surface area contributed by atoms with Crippen LogP contribution < -0.4 is 0 Å². The van der Waals surface area contributed by atoms with Gasteiger partial charge in [-0.05, 0) is 29.6 Å². The van der Waals surface area contributed by atoms with Gasteiger partial charge >= 0.3 is 0 Å². The van der Waals surface area contributed by atoms with Crippen LogP contribution in [0.1, 0.15) is 28.8 Å². The molecule has 2 heteroatoms. The predicted molar refractivity (Wildman–Crippen MR) is 63.2 cm³/mol. The lowest BCUT2D eigenvalue weighted by Gasteiger charge is -2.11. The van der Waals surface area contributed by atoms with Crippen molar-refractivity contribution in [2.45, 2.75) is 12.8 Å². The van der Waals surface area contributed by atoms with Crippen LogP contribution in [-0.2, 0) is 4.79 Å². The first-order valence-corrected chi connectivity index (χ1v) is 5.24. The first kappa shape index (κ1) is 10.6. The molecule has 0 amide bonds. The number of benzene rings is 1. The fraction of sp³-hybridized carbons (Fsp3) is 0.143. The minimum atomic E-state index is 0.685. The Morgan fingerprint density at radius 2 is 1.62 bits per heavy atom. The van der Waals surface area contributed by atoms with E-state index in [1.807, 2.05) is 36.4 Å². The molecule has 0 fully saturated rings. The largest absolute Gasteiger partial charge is 0.298 e. The van der Waals surface area contributed by atoms with Gasteiger partial charge in [-0.25, -0.2) is 0 Å². The summed E-state index contributed by atoms with van der Waals surface area (Å²) in [6.45, 7) is 0. The maximum Gasteiger partial charge on any atom is 0.150 e. The van der Waals surface area contributed by atoms with Gasteiger partial charge in [-0.2, -0.15) is 0 Å². The summed E-state index contributed by atoms with van der Waals surface area (Å²) in [6.07, 6.45) is 7.25. The van der Waals surface area contributed by atoms with E-state index in [0.29, 0.717) is 5.56 Å². The number of hydrogen-bond acceptors (Lipinski definition) is 2. The SMILES string of the molecule is O=CC1=CC=C(c2ccc(C=O)cc2)CC1. The highest BCUT2D eigenvalue weighted by molar-refractivity contribution is 5.80. The maximum atomic E-state index is 10.6. The van der Waals surface area contributed by atoms with Crippen LogP contribution in [0, 0.1) is 0 Å². The van der Waals surface area contributed by atoms with Crippen LogP contribution in [0.4, 0.5) is 0 Å². The van der Waals surface area contributed by atoms with Crippen LogP contribution in [0.2, 0.25) is 0 Å². The lowest BCUT2D eigenvalue weighted by atomic mass is 9.93. The van der Waals surface area contributed by atoms with Crippen LogP contribution in [0.5, 0.6) is 0 Å². The molecule has 0 heterocycles. The molecule has 1 aromatic rings. The molecule has 0 spiro atoms. The smallest absolute Gasteiger partial charge is 0.150 e. The summed E-state index contributed by atoms with van der Waals surface area (Å²) in [4.78, 5) is 21.1. The highest BCUT2D eigenvalue weighted by atomic mass is 16.1. The maximum absolute atomic E-state index is 10.6. The summed E-state index contributed by atoms with van der Waals surface area (Å²) in [5, 5.41) is 0. The van der Waals surface area contributed by atoms with E-state index < -0.39 is 0 Å². The van der Waals surface area contributed by atoms with Gasteiger partial charge in [-0.1, -0.05) is 36.4 Å². The minimum Gasteiger partial charge on any atom is -0.298 e.